The number of ether oxygens (including phenoxy) is 1. The first-order chi connectivity index (χ1) is 11.5. The molecule has 0 saturated heterocycles. The summed E-state index contributed by atoms with van der Waals surface area (Å²) in [4.78, 5) is 23.6. The van der Waals surface area contributed by atoms with Crippen molar-refractivity contribution in [2.45, 2.75) is 25.3 Å². The van der Waals surface area contributed by atoms with E-state index >= 15 is 0 Å². The molecule has 0 aromatic heterocycles. The number of nitrogens with two attached hydrogens (primary N) is 1. The van der Waals surface area contributed by atoms with Crippen molar-refractivity contribution in [3.8, 4) is 5.75 Å². The molecule has 0 fully saturated rings. The number of benzene rings is 1. The third kappa shape index (κ3) is 4.60. The summed E-state index contributed by atoms with van der Waals surface area (Å²) < 4.78 is 5.67. The summed E-state index contributed by atoms with van der Waals surface area (Å²) in [6, 6.07) is 5.32. The SMILES string of the molecule is C=C(N)[C@H](NC(=O)c1ccc(OCC2=CCCC2)cc1)C(=O)NO. The molecule has 0 spiro atoms. The molecule has 5 N–H and O–H groups in total. The van der Waals surface area contributed by atoms with Gasteiger partial charge in [-0.1, -0.05) is 12.7 Å². The van der Waals surface area contributed by atoms with Crippen LogP contribution in [0.4, 0.5) is 0 Å². The van der Waals surface area contributed by atoms with Gasteiger partial charge in [0.05, 0.1) is 0 Å². The van der Waals surface area contributed by atoms with Crippen LogP contribution in [0.3, 0.4) is 0 Å². The number of amides is 2. The zero-order valence-electron chi connectivity index (χ0n) is 13.2. The molecular weight excluding hydrogens is 310 g/mol. The number of rotatable bonds is 7. The Labute approximate surface area is 140 Å². The van der Waals surface area contributed by atoms with Crippen LogP contribution in [-0.2, 0) is 4.79 Å². The molecule has 1 aliphatic carbocycles. The van der Waals surface area contributed by atoms with E-state index in [1.165, 1.54) is 17.5 Å². The van der Waals surface area contributed by atoms with E-state index in [1.54, 1.807) is 24.3 Å². The third-order valence-electron chi connectivity index (χ3n) is 3.69. The number of hydroxylamine groups is 1. The van der Waals surface area contributed by atoms with Crippen LogP contribution in [0, 0.1) is 0 Å². The Kier molecular flexibility index (Phi) is 5.97. The lowest BCUT2D eigenvalue weighted by molar-refractivity contribution is -0.130. The summed E-state index contributed by atoms with van der Waals surface area (Å²) in [5.74, 6) is -0.715. The summed E-state index contributed by atoms with van der Waals surface area (Å²) >= 11 is 0. The Morgan fingerprint density at radius 2 is 2.04 bits per heavy atom. The predicted molar refractivity (Wildman–Crippen MR) is 88.4 cm³/mol. The predicted octanol–water partition coefficient (Wildman–Crippen LogP) is 1.25. The lowest BCUT2D eigenvalue weighted by Crippen LogP contribution is -2.48. The van der Waals surface area contributed by atoms with Crippen molar-refractivity contribution in [3.63, 3.8) is 0 Å². The van der Waals surface area contributed by atoms with Crippen LogP contribution in [-0.4, -0.2) is 29.7 Å². The molecule has 0 heterocycles. The molecule has 1 aromatic rings. The first-order valence-electron chi connectivity index (χ1n) is 7.61. The lowest BCUT2D eigenvalue weighted by Gasteiger charge is -2.16. The maximum Gasteiger partial charge on any atom is 0.272 e. The van der Waals surface area contributed by atoms with Gasteiger partial charge in [0.1, 0.15) is 18.4 Å². The Morgan fingerprint density at radius 1 is 1.33 bits per heavy atom. The molecule has 1 aliphatic rings. The van der Waals surface area contributed by atoms with Crippen LogP contribution in [0.25, 0.3) is 0 Å². The molecule has 1 aromatic carbocycles. The number of hydrogen-bond donors (Lipinski definition) is 4. The van der Waals surface area contributed by atoms with Crippen LogP contribution in [0.5, 0.6) is 5.75 Å². The molecule has 0 radical (unpaired) electrons. The fraction of sp³-hybridized carbons (Fsp3) is 0.294. The highest BCUT2D eigenvalue weighted by molar-refractivity contribution is 5.98. The van der Waals surface area contributed by atoms with Gasteiger partial charge in [-0.25, -0.2) is 5.48 Å². The molecule has 0 unspecified atom stereocenters. The lowest BCUT2D eigenvalue weighted by atomic mass is 10.1. The molecular formula is C17H21N3O4. The molecule has 0 saturated carbocycles. The zero-order valence-corrected chi connectivity index (χ0v) is 13.2. The van der Waals surface area contributed by atoms with E-state index in [0.717, 1.165) is 12.8 Å². The van der Waals surface area contributed by atoms with E-state index in [4.69, 9.17) is 15.7 Å². The highest BCUT2D eigenvalue weighted by atomic mass is 16.5. The van der Waals surface area contributed by atoms with E-state index in [-0.39, 0.29) is 5.70 Å². The molecule has 2 rings (SSSR count). The van der Waals surface area contributed by atoms with E-state index in [1.807, 2.05) is 0 Å². The van der Waals surface area contributed by atoms with Crippen LogP contribution in [0.15, 0.2) is 48.2 Å². The largest absolute Gasteiger partial charge is 0.489 e. The second kappa shape index (κ2) is 8.16. The van der Waals surface area contributed by atoms with Crippen LogP contribution in [0.1, 0.15) is 29.6 Å². The van der Waals surface area contributed by atoms with Crippen LogP contribution in [0.2, 0.25) is 0 Å². The fourth-order valence-corrected chi connectivity index (χ4v) is 2.35. The Bertz CT molecular complexity index is 652. The molecule has 7 heteroatoms. The van der Waals surface area contributed by atoms with Crippen molar-refractivity contribution in [3.05, 3.63) is 53.8 Å². The molecule has 0 aliphatic heterocycles. The Morgan fingerprint density at radius 3 is 2.58 bits per heavy atom. The first-order valence-corrected chi connectivity index (χ1v) is 7.61. The zero-order chi connectivity index (χ0) is 17.5. The number of allylic oxidation sites excluding steroid dienone is 1. The second-order valence-electron chi connectivity index (χ2n) is 5.53. The first kappa shape index (κ1) is 17.6. The van der Waals surface area contributed by atoms with Crippen molar-refractivity contribution in [1.82, 2.24) is 10.8 Å². The summed E-state index contributed by atoms with van der Waals surface area (Å²) in [7, 11) is 0. The fourth-order valence-electron chi connectivity index (χ4n) is 2.35. The van der Waals surface area contributed by atoms with E-state index < -0.39 is 17.9 Å². The number of carbonyl (C=O) groups excluding carboxylic acids is 2. The standard InChI is InChI=1S/C17H21N3O4/c1-11(18)15(17(22)20-23)19-16(21)13-6-8-14(9-7-13)24-10-12-4-2-3-5-12/h4,6-9,15,23H,1-3,5,10,18H2,(H,19,21)(H,20,22)/t15-/m0/s1. The van der Waals surface area contributed by atoms with Gasteiger partial charge < -0.3 is 15.8 Å². The Hall–Kier alpha value is -2.80. The van der Waals surface area contributed by atoms with E-state index in [2.05, 4.69) is 18.0 Å². The van der Waals surface area contributed by atoms with Gasteiger partial charge >= 0.3 is 0 Å². The summed E-state index contributed by atoms with van der Waals surface area (Å²) in [6.45, 7) is 3.97. The van der Waals surface area contributed by atoms with Crippen molar-refractivity contribution < 1.29 is 19.5 Å². The number of carbonyl (C=O) groups is 2. The second-order valence-corrected chi connectivity index (χ2v) is 5.53. The van der Waals surface area contributed by atoms with Crippen molar-refractivity contribution in [2.75, 3.05) is 6.61 Å². The molecule has 1 atom stereocenters. The molecule has 2 amide bonds. The normalized spacial score (nSPS) is 14.5. The maximum absolute atomic E-state index is 12.1. The van der Waals surface area contributed by atoms with Gasteiger partial charge in [-0.3, -0.25) is 14.8 Å². The minimum absolute atomic E-state index is 0.0836. The van der Waals surface area contributed by atoms with Gasteiger partial charge in [0.25, 0.3) is 11.8 Å². The van der Waals surface area contributed by atoms with Crippen molar-refractivity contribution in [1.29, 1.82) is 0 Å². The highest BCUT2D eigenvalue weighted by Crippen LogP contribution is 2.19. The van der Waals surface area contributed by atoms with Crippen LogP contribution < -0.4 is 21.3 Å². The molecule has 24 heavy (non-hydrogen) atoms. The third-order valence-corrected chi connectivity index (χ3v) is 3.69. The van der Waals surface area contributed by atoms with E-state index in [9.17, 15) is 9.59 Å². The van der Waals surface area contributed by atoms with Crippen molar-refractivity contribution >= 4 is 11.8 Å². The van der Waals surface area contributed by atoms with Gasteiger partial charge in [-0.15, -0.1) is 0 Å². The Balaban J connectivity index is 1.94. The number of hydrogen-bond acceptors (Lipinski definition) is 5. The van der Waals surface area contributed by atoms with E-state index in [0.29, 0.717) is 17.9 Å². The number of nitrogens with one attached hydrogen (secondary N) is 2. The van der Waals surface area contributed by atoms with Gasteiger partial charge in [0.15, 0.2) is 0 Å². The maximum atomic E-state index is 12.1. The topological polar surface area (TPSA) is 114 Å². The smallest absolute Gasteiger partial charge is 0.272 e. The average Bonchev–Trinajstić information content (AvgIpc) is 3.10. The van der Waals surface area contributed by atoms with Gasteiger partial charge in [-0.05, 0) is 49.1 Å². The van der Waals surface area contributed by atoms with Gasteiger partial charge in [0.2, 0.25) is 0 Å². The molecule has 128 valence electrons. The summed E-state index contributed by atoms with van der Waals surface area (Å²) in [5.41, 5.74) is 8.43. The summed E-state index contributed by atoms with van der Waals surface area (Å²) in [6.07, 6.45) is 5.53. The van der Waals surface area contributed by atoms with Crippen molar-refractivity contribution in [2.24, 2.45) is 5.73 Å². The summed E-state index contributed by atoms with van der Waals surface area (Å²) in [5, 5.41) is 11.0. The monoisotopic (exact) mass is 331 g/mol. The molecule has 7 nitrogen and oxygen atoms in total. The quantitative estimate of drug-likeness (QED) is 0.341. The van der Waals surface area contributed by atoms with Gasteiger partial charge in [-0.2, -0.15) is 0 Å². The van der Waals surface area contributed by atoms with Gasteiger partial charge in [0, 0.05) is 11.3 Å². The minimum atomic E-state index is -1.22. The highest BCUT2D eigenvalue weighted by Gasteiger charge is 2.22. The molecule has 0 bridgehead atoms. The van der Waals surface area contributed by atoms with Crippen LogP contribution >= 0.6 is 0 Å². The minimum Gasteiger partial charge on any atom is -0.489 e. The average molecular weight is 331 g/mol.